The van der Waals surface area contributed by atoms with Crippen LogP contribution in [0.15, 0.2) is 59.5 Å². The van der Waals surface area contributed by atoms with Crippen LogP contribution < -0.4 is 5.56 Å². The summed E-state index contributed by atoms with van der Waals surface area (Å²) in [6, 6.07) is 15.0. The molecule has 7 heteroatoms. The second-order valence-corrected chi connectivity index (χ2v) is 7.48. The average Bonchev–Trinajstić information content (AvgIpc) is 2.65. The fraction of sp³-hybridized carbons (Fsp3) is 0.190. The summed E-state index contributed by atoms with van der Waals surface area (Å²) in [7, 11) is 0. The van der Waals surface area contributed by atoms with Gasteiger partial charge >= 0.3 is 0 Å². The van der Waals surface area contributed by atoms with Gasteiger partial charge in [-0.15, -0.1) is 0 Å². The lowest BCUT2D eigenvalue weighted by Gasteiger charge is -2.41. The molecule has 142 valence electrons. The van der Waals surface area contributed by atoms with Crippen molar-refractivity contribution in [3.8, 4) is 0 Å². The lowest BCUT2D eigenvalue weighted by Crippen LogP contribution is -2.46. The van der Waals surface area contributed by atoms with Gasteiger partial charge in [-0.25, -0.2) is 4.98 Å². The van der Waals surface area contributed by atoms with Crippen LogP contribution in [0.25, 0.3) is 0 Å². The number of aromatic nitrogens is 2. The van der Waals surface area contributed by atoms with Crippen LogP contribution in [0.1, 0.15) is 39.8 Å². The molecule has 0 spiro atoms. The van der Waals surface area contributed by atoms with Crippen molar-refractivity contribution in [1.29, 1.82) is 0 Å². The van der Waals surface area contributed by atoms with Crippen LogP contribution in [0.4, 0.5) is 0 Å². The number of aromatic amines is 1. The van der Waals surface area contributed by atoms with Crippen molar-refractivity contribution >= 4 is 29.1 Å². The van der Waals surface area contributed by atoms with Crippen molar-refractivity contribution in [2.75, 3.05) is 6.54 Å². The van der Waals surface area contributed by atoms with E-state index in [1.165, 1.54) is 6.20 Å². The molecule has 0 bridgehead atoms. The molecule has 5 nitrogen and oxygen atoms in total. The number of rotatable bonds is 4. The second kappa shape index (κ2) is 7.78. The molecule has 2 aromatic carbocycles. The van der Waals surface area contributed by atoms with Gasteiger partial charge in [0.25, 0.3) is 11.5 Å². The van der Waals surface area contributed by atoms with Gasteiger partial charge in [-0.1, -0.05) is 59.6 Å². The molecule has 28 heavy (non-hydrogen) atoms. The van der Waals surface area contributed by atoms with E-state index in [0.29, 0.717) is 28.0 Å². The standard InChI is InChI=1S/C21H17Cl2N3O2/c22-16-7-4-8-17(23)14(16)11-19-24-12-15(20(27)25-19)21(28)26-10-9-18(26)13-5-2-1-3-6-13/h1-8,12,18H,9-11H2,(H,24,25,27)/t18-/m0/s1. The molecular formula is C21H17Cl2N3O2. The number of H-pyrrole nitrogens is 1. The maximum atomic E-state index is 12.8. The van der Waals surface area contributed by atoms with Crippen LogP contribution in [0.2, 0.25) is 10.0 Å². The minimum absolute atomic E-state index is 0.00490. The van der Waals surface area contributed by atoms with E-state index in [1.54, 1.807) is 23.1 Å². The van der Waals surface area contributed by atoms with E-state index < -0.39 is 5.56 Å². The minimum Gasteiger partial charge on any atom is -0.331 e. The topological polar surface area (TPSA) is 66.1 Å². The van der Waals surface area contributed by atoms with Gasteiger partial charge in [0, 0.05) is 29.2 Å². The Hall–Kier alpha value is -2.63. The van der Waals surface area contributed by atoms with Gasteiger partial charge in [0.15, 0.2) is 0 Å². The number of amides is 1. The first-order chi connectivity index (χ1) is 13.5. The fourth-order valence-electron chi connectivity index (χ4n) is 3.35. The SMILES string of the molecule is O=C(c1cnc(Cc2c(Cl)cccc2Cl)[nH]c1=O)N1CC[C@H]1c1ccccc1. The van der Waals surface area contributed by atoms with Crippen LogP contribution >= 0.6 is 23.2 Å². The Labute approximate surface area is 171 Å². The molecule has 0 unspecified atom stereocenters. The van der Waals surface area contributed by atoms with E-state index in [0.717, 1.165) is 12.0 Å². The molecule has 3 aromatic rings. The number of carbonyl (C=O) groups is 1. The molecule has 0 saturated carbocycles. The number of hydrogen-bond donors (Lipinski definition) is 1. The van der Waals surface area contributed by atoms with Gasteiger partial charge in [-0.2, -0.15) is 0 Å². The molecule has 1 fully saturated rings. The second-order valence-electron chi connectivity index (χ2n) is 6.66. The lowest BCUT2D eigenvalue weighted by atomic mass is 9.94. The van der Waals surface area contributed by atoms with Gasteiger partial charge in [0.2, 0.25) is 0 Å². The maximum absolute atomic E-state index is 12.8. The lowest BCUT2D eigenvalue weighted by molar-refractivity contribution is 0.0458. The van der Waals surface area contributed by atoms with Crippen molar-refractivity contribution in [3.05, 3.63) is 97.6 Å². The highest BCUT2D eigenvalue weighted by atomic mass is 35.5. The molecule has 0 aliphatic carbocycles. The van der Waals surface area contributed by atoms with E-state index in [2.05, 4.69) is 9.97 Å². The van der Waals surface area contributed by atoms with E-state index in [1.807, 2.05) is 30.3 Å². The summed E-state index contributed by atoms with van der Waals surface area (Å²) in [6.45, 7) is 0.620. The molecule has 4 rings (SSSR count). The molecule has 1 N–H and O–H groups in total. The van der Waals surface area contributed by atoms with Crippen LogP contribution in [-0.4, -0.2) is 27.3 Å². The molecule has 1 atom stereocenters. The molecule has 1 aromatic heterocycles. The number of carbonyl (C=O) groups excluding carboxylic acids is 1. The Morgan fingerprint density at radius 3 is 2.43 bits per heavy atom. The van der Waals surface area contributed by atoms with Crippen LogP contribution in [0.5, 0.6) is 0 Å². The Morgan fingerprint density at radius 1 is 1.11 bits per heavy atom. The summed E-state index contributed by atoms with van der Waals surface area (Å²) in [4.78, 5) is 34.0. The molecule has 1 aliphatic heterocycles. The van der Waals surface area contributed by atoms with E-state index in [9.17, 15) is 9.59 Å². The van der Waals surface area contributed by atoms with Gasteiger partial charge in [0.05, 0.1) is 6.04 Å². The molecular weight excluding hydrogens is 397 g/mol. The summed E-state index contributed by atoms with van der Waals surface area (Å²) in [6.07, 6.45) is 2.49. The number of benzene rings is 2. The summed E-state index contributed by atoms with van der Waals surface area (Å²) in [5.74, 6) is 0.0935. The molecule has 1 saturated heterocycles. The zero-order valence-corrected chi connectivity index (χ0v) is 16.4. The minimum atomic E-state index is -0.461. The number of hydrogen-bond acceptors (Lipinski definition) is 3. The number of halogens is 2. The largest absolute Gasteiger partial charge is 0.331 e. The normalized spacial score (nSPS) is 15.9. The predicted molar refractivity (Wildman–Crippen MR) is 109 cm³/mol. The number of nitrogens with one attached hydrogen (secondary N) is 1. The van der Waals surface area contributed by atoms with Crippen LogP contribution in [-0.2, 0) is 6.42 Å². The third-order valence-corrected chi connectivity index (χ3v) is 5.66. The van der Waals surface area contributed by atoms with Gasteiger partial charge in [-0.3, -0.25) is 9.59 Å². The zero-order chi connectivity index (χ0) is 19.7. The number of nitrogens with zero attached hydrogens (tertiary/aromatic N) is 2. The fourth-order valence-corrected chi connectivity index (χ4v) is 3.88. The van der Waals surface area contributed by atoms with Crippen LogP contribution in [0.3, 0.4) is 0 Å². The van der Waals surface area contributed by atoms with E-state index in [-0.39, 0.29) is 23.9 Å². The predicted octanol–water partition coefficient (Wildman–Crippen LogP) is 4.25. The van der Waals surface area contributed by atoms with Crippen molar-refractivity contribution in [2.24, 2.45) is 0 Å². The third-order valence-electron chi connectivity index (χ3n) is 4.95. The summed E-state index contributed by atoms with van der Waals surface area (Å²) in [5.41, 5.74) is 1.32. The van der Waals surface area contributed by atoms with Gasteiger partial charge in [-0.05, 0) is 29.7 Å². The highest BCUT2D eigenvalue weighted by Crippen LogP contribution is 2.33. The quantitative estimate of drug-likeness (QED) is 0.694. The highest BCUT2D eigenvalue weighted by molar-refractivity contribution is 6.36. The van der Waals surface area contributed by atoms with Crippen molar-refractivity contribution < 1.29 is 4.79 Å². The highest BCUT2D eigenvalue weighted by Gasteiger charge is 2.34. The molecule has 1 aliphatic rings. The summed E-state index contributed by atoms with van der Waals surface area (Å²) < 4.78 is 0. The van der Waals surface area contributed by atoms with Crippen molar-refractivity contribution in [1.82, 2.24) is 14.9 Å². The van der Waals surface area contributed by atoms with Crippen LogP contribution in [0, 0.1) is 0 Å². The molecule has 0 radical (unpaired) electrons. The first kappa shape index (κ1) is 18.7. The molecule has 2 heterocycles. The van der Waals surface area contributed by atoms with Gasteiger partial charge in [0.1, 0.15) is 11.4 Å². The summed E-state index contributed by atoms with van der Waals surface area (Å²) >= 11 is 12.4. The smallest absolute Gasteiger partial charge is 0.263 e. The third kappa shape index (κ3) is 3.55. The Bertz CT molecular complexity index is 1060. The van der Waals surface area contributed by atoms with Crippen molar-refractivity contribution in [3.63, 3.8) is 0 Å². The Balaban J connectivity index is 1.55. The Kier molecular flexibility index (Phi) is 5.20. The first-order valence-electron chi connectivity index (χ1n) is 8.91. The van der Waals surface area contributed by atoms with Crippen molar-refractivity contribution in [2.45, 2.75) is 18.9 Å². The Morgan fingerprint density at radius 2 is 1.82 bits per heavy atom. The zero-order valence-electron chi connectivity index (χ0n) is 14.9. The van der Waals surface area contributed by atoms with E-state index in [4.69, 9.17) is 23.2 Å². The summed E-state index contributed by atoms with van der Waals surface area (Å²) in [5, 5.41) is 1.00. The molecule has 1 amide bonds. The number of likely N-dealkylation sites (tertiary alicyclic amines) is 1. The van der Waals surface area contributed by atoms with E-state index >= 15 is 0 Å². The average molecular weight is 414 g/mol. The first-order valence-corrected chi connectivity index (χ1v) is 9.67. The maximum Gasteiger partial charge on any atom is 0.263 e. The monoisotopic (exact) mass is 413 g/mol. The van der Waals surface area contributed by atoms with Gasteiger partial charge < -0.3 is 9.88 Å².